The first kappa shape index (κ1) is 12.7. The molecule has 2 rings (SSSR count). The van der Waals surface area contributed by atoms with Gasteiger partial charge in [0.25, 0.3) is 0 Å². The Morgan fingerprint density at radius 1 is 1.47 bits per heavy atom. The van der Waals surface area contributed by atoms with Crippen LogP contribution in [0.25, 0.3) is 0 Å². The minimum atomic E-state index is 0.348. The maximum absolute atomic E-state index is 6.23. The van der Waals surface area contributed by atoms with Crippen LogP contribution in [0.5, 0.6) is 5.88 Å². The van der Waals surface area contributed by atoms with Crippen molar-refractivity contribution in [1.29, 1.82) is 0 Å². The molecule has 0 aromatic carbocycles. The first-order valence-corrected chi connectivity index (χ1v) is 6.58. The van der Waals surface area contributed by atoms with Crippen LogP contribution in [0, 0.1) is 5.92 Å². The van der Waals surface area contributed by atoms with Crippen molar-refractivity contribution >= 4 is 11.6 Å². The van der Waals surface area contributed by atoms with Crippen LogP contribution >= 0.6 is 11.6 Å². The van der Waals surface area contributed by atoms with Crippen LogP contribution in [0.4, 0.5) is 0 Å². The van der Waals surface area contributed by atoms with E-state index in [1.54, 1.807) is 7.11 Å². The molecule has 1 fully saturated rings. The lowest BCUT2D eigenvalue weighted by Crippen LogP contribution is -2.25. The van der Waals surface area contributed by atoms with E-state index in [0.29, 0.717) is 17.2 Å². The third-order valence-corrected chi connectivity index (χ3v) is 3.84. The lowest BCUT2D eigenvalue weighted by molar-refractivity contribution is 0.395. The highest BCUT2D eigenvalue weighted by Crippen LogP contribution is 2.29. The summed E-state index contributed by atoms with van der Waals surface area (Å²) in [6.07, 6.45) is 3.66. The van der Waals surface area contributed by atoms with Gasteiger partial charge < -0.3 is 10.1 Å². The van der Waals surface area contributed by atoms with Crippen molar-refractivity contribution in [3.63, 3.8) is 0 Å². The molecule has 1 aromatic heterocycles. The third-order valence-electron chi connectivity index (χ3n) is 3.27. The molecule has 2 atom stereocenters. The summed E-state index contributed by atoms with van der Waals surface area (Å²) < 4.78 is 5.09. The second kappa shape index (κ2) is 6.22. The Hall–Kier alpha value is -0.800. The van der Waals surface area contributed by atoms with Gasteiger partial charge in [-0.3, -0.25) is 0 Å². The van der Waals surface area contributed by atoms with Gasteiger partial charge in [0, 0.05) is 18.0 Å². The molecule has 2 unspecified atom stereocenters. The summed E-state index contributed by atoms with van der Waals surface area (Å²) >= 11 is 6.23. The van der Waals surface area contributed by atoms with Crippen molar-refractivity contribution in [1.82, 2.24) is 10.3 Å². The highest BCUT2D eigenvalue weighted by molar-refractivity contribution is 6.20. The van der Waals surface area contributed by atoms with Crippen LogP contribution in [0.1, 0.15) is 25.0 Å². The van der Waals surface area contributed by atoms with Gasteiger partial charge in [0.05, 0.1) is 12.8 Å². The number of nitrogens with zero attached hydrogens (tertiary/aromatic N) is 1. The lowest BCUT2D eigenvalue weighted by Gasteiger charge is -2.14. The summed E-state index contributed by atoms with van der Waals surface area (Å²) in [6, 6.07) is 5.82. The van der Waals surface area contributed by atoms with E-state index >= 15 is 0 Å². The van der Waals surface area contributed by atoms with Gasteiger partial charge in [-0.25, -0.2) is 4.98 Å². The van der Waals surface area contributed by atoms with Gasteiger partial charge in [-0.2, -0.15) is 0 Å². The molecule has 0 saturated heterocycles. The molecule has 0 bridgehead atoms. The van der Waals surface area contributed by atoms with E-state index in [1.165, 1.54) is 12.8 Å². The molecule has 0 radical (unpaired) electrons. The molecule has 1 aliphatic rings. The van der Waals surface area contributed by atoms with Crippen LogP contribution < -0.4 is 10.1 Å². The van der Waals surface area contributed by atoms with Gasteiger partial charge in [0.1, 0.15) is 0 Å². The molecule has 1 N–H and O–H groups in total. The van der Waals surface area contributed by atoms with Crippen LogP contribution in [0.3, 0.4) is 0 Å². The van der Waals surface area contributed by atoms with Crippen LogP contribution in [-0.4, -0.2) is 24.0 Å². The fraction of sp³-hybridized carbons (Fsp3) is 0.615. The average molecular weight is 255 g/mol. The minimum Gasteiger partial charge on any atom is -0.481 e. The lowest BCUT2D eigenvalue weighted by atomic mass is 10.1. The quantitative estimate of drug-likeness (QED) is 0.821. The maximum atomic E-state index is 6.23. The molecular weight excluding hydrogens is 236 g/mol. The number of pyridine rings is 1. The SMILES string of the molecule is COc1cccc(CNCC2CCCC2Cl)n1. The smallest absolute Gasteiger partial charge is 0.213 e. The van der Waals surface area contributed by atoms with E-state index in [2.05, 4.69) is 10.3 Å². The zero-order valence-corrected chi connectivity index (χ0v) is 10.9. The number of rotatable bonds is 5. The molecule has 1 aliphatic carbocycles. The van der Waals surface area contributed by atoms with E-state index in [1.807, 2.05) is 18.2 Å². The fourth-order valence-electron chi connectivity index (χ4n) is 2.28. The molecule has 0 spiro atoms. The monoisotopic (exact) mass is 254 g/mol. The third kappa shape index (κ3) is 3.58. The van der Waals surface area contributed by atoms with E-state index < -0.39 is 0 Å². The molecule has 0 aliphatic heterocycles. The predicted octanol–water partition coefficient (Wildman–Crippen LogP) is 2.59. The molecule has 3 nitrogen and oxygen atoms in total. The van der Waals surface area contributed by atoms with E-state index in [9.17, 15) is 0 Å². The van der Waals surface area contributed by atoms with E-state index in [4.69, 9.17) is 16.3 Å². The Labute approximate surface area is 108 Å². The number of methoxy groups -OCH3 is 1. The van der Waals surface area contributed by atoms with Crippen LogP contribution in [0.15, 0.2) is 18.2 Å². The maximum Gasteiger partial charge on any atom is 0.213 e. The van der Waals surface area contributed by atoms with Gasteiger partial charge in [-0.15, -0.1) is 11.6 Å². The molecule has 1 heterocycles. The first-order chi connectivity index (χ1) is 8.29. The zero-order chi connectivity index (χ0) is 12.1. The Morgan fingerprint density at radius 3 is 3.06 bits per heavy atom. The van der Waals surface area contributed by atoms with Crippen molar-refractivity contribution in [3.05, 3.63) is 23.9 Å². The van der Waals surface area contributed by atoms with Crippen LogP contribution in [-0.2, 0) is 6.54 Å². The topological polar surface area (TPSA) is 34.1 Å². The molecular formula is C13H19ClN2O. The Kier molecular flexibility index (Phi) is 4.63. The Balaban J connectivity index is 1.77. The Bertz CT molecular complexity index is 359. The summed E-state index contributed by atoms with van der Waals surface area (Å²) in [5.74, 6) is 1.28. The number of halogens is 1. The molecule has 0 amide bonds. The van der Waals surface area contributed by atoms with Crippen LogP contribution in [0.2, 0.25) is 0 Å². The number of hydrogen-bond acceptors (Lipinski definition) is 3. The van der Waals surface area contributed by atoms with Gasteiger partial charge in [0.2, 0.25) is 5.88 Å². The van der Waals surface area contributed by atoms with Crippen molar-refractivity contribution in [3.8, 4) is 5.88 Å². The van der Waals surface area contributed by atoms with E-state index in [0.717, 1.165) is 25.2 Å². The number of ether oxygens (including phenoxy) is 1. The average Bonchev–Trinajstić information content (AvgIpc) is 2.76. The fourth-order valence-corrected chi connectivity index (χ4v) is 2.65. The first-order valence-electron chi connectivity index (χ1n) is 6.14. The van der Waals surface area contributed by atoms with Gasteiger partial charge in [0.15, 0.2) is 0 Å². The molecule has 1 aromatic rings. The molecule has 4 heteroatoms. The van der Waals surface area contributed by atoms with Crippen molar-refractivity contribution in [2.45, 2.75) is 31.2 Å². The predicted molar refractivity (Wildman–Crippen MR) is 69.5 cm³/mol. The highest BCUT2D eigenvalue weighted by Gasteiger charge is 2.24. The summed E-state index contributed by atoms with van der Waals surface area (Å²) in [5, 5.41) is 3.77. The summed E-state index contributed by atoms with van der Waals surface area (Å²) in [7, 11) is 1.64. The van der Waals surface area contributed by atoms with Crippen molar-refractivity contribution < 1.29 is 4.74 Å². The standard InChI is InChI=1S/C13H19ClN2O/c1-17-13-7-3-5-11(16-13)9-15-8-10-4-2-6-12(10)14/h3,5,7,10,12,15H,2,4,6,8-9H2,1H3. The summed E-state index contributed by atoms with van der Waals surface area (Å²) in [4.78, 5) is 4.36. The van der Waals surface area contributed by atoms with Gasteiger partial charge in [-0.05, 0) is 31.4 Å². The largest absolute Gasteiger partial charge is 0.481 e. The highest BCUT2D eigenvalue weighted by atomic mass is 35.5. The summed E-state index contributed by atoms with van der Waals surface area (Å²) in [5.41, 5.74) is 1.01. The van der Waals surface area contributed by atoms with E-state index in [-0.39, 0.29) is 0 Å². The Morgan fingerprint density at radius 2 is 2.35 bits per heavy atom. The van der Waals surface area contributed by atoms with Gasteiger partial charge >= 0.3 is 0 Å². The number of nitrogens with one attached hydrogen (secondary N) is 1. The van der Waals surface area contributed by atoms with Crippen molar-refractivity contribution in [2.24, 2.45) is 5.92 Å². The number of alkyl halides is 1. The molecule has 17 heavy (non-hydrogen) atoms. The number of hydrogen-bond donors (Lipinski definition) is 1. The van der Waals surface area contributed by atoms with Crippen molar-refractivity contribution in [2.75, 3.05) is 13.7 Å². The zero-order valence-electron chi connectivity index (χ0n) is 10.2. The second-order valence-electron chi connectivity index (χ2n) is 4.51. The summed E-state index contributed by atoms with van der Waals surface area (Å²) in [6.45, 7) is 1.75. The molecule has 1 saturated carbocycles. The molecule has 94 valence electrons. The normalized spacial score (nSPS) is 23.9. The number of aromatic nitrogens is 1. The minimum absolute atomic E-state index is 0.348. The van der Waals surface area contributed by atoms with Gasteiger partial charge in [-0.1, -0.05) is 12.5 Å². The second-order valence-corrected chi connectivity index (χ2v) is 5.07.